The molecule has 8 nitrogen and oxygen atoms in total. The molecule has 0 bridgehead atoms. The molecule has 2 N–H and O–H groups in total. The standard InChI is InChI=1S/C19H18ClN3O5S/c1-10-12(20)4-3-5-13(10)21-15(24)8-23-14(6-7-28-2)22-17-16(18(23)25)11(9-29-17)19(26)27/h3-5,9H,6-8H2,1-2H3,(H,21,24)(H,26,27). The van der Waals surface area contributed by atoms with Crippen molar-refractivity contribution in [2.75, 3.05) is 19.0 Å². The molecule has 1 aromatic carbocycles. The fourth-order valence-corrected chi connectivity index (χ4v) is 3.94. The van der Waals surface area contributed by atoms with Crippen LogP contribution in [0.5, 0.6) is 0 Å². The number of ether oxygens (including phenoxy) is 1. The zero-order valence-electron chi connectivity index (χ0n) is 15.7. The quantitative estimate of drug-likeness (QED) is 0.590. The number of thiophene rings is 1. The first kappa shape index (κ1) is 21.0. The molecule has 0 fully saturated rings. The van der Waals surface area contributed by atoms with Crippen LogP contribution < -0.4 is 10.9 Å². The molecule has 3 aromatic rings. The topological polar surface area (TPSA) is 111 Å². The highest BCUT2D eigenvalue weighted by Gasteiger charge is 2.21. The van der Waals surface area contributed by atoms with Crippen molar-refractivity contribution in [3.63, 3.8) is 0 Å². The minimum atomic E-state index is -1.22. The van der Waals surface area contributed by atoms with Gasteiger partial charge in [-0.3, -0.25) is 14.2 Å². The van der Waals surface area contributed by atoms with Gasteiger partial charge in [-0.05, 0) is 24.6 Å². The van der Waals surface area contributed by atoms with Crippen molar-refractivity contribution in [2.24, 2.45) is 0 Å². The van der Waals surface area contributed by atoms with Gasteiger partial charge in [0.25, 0.3) is 5.56 Å². The molecule has 0 unspecified atom stereocenters. The number of hydrogen-bond donors (Lipinski definition) is 2. The Morgan fingerprint density at radius 1 is 1.38 bits per heavy atom. The van der Waals surface area contributed by atoms with Crippen LogP contribution >= 0.6 is 22.9 Å². The Bertz CT molecular complexity index is 1150. The van der Waals surface area contributed by atoms with E-state index in [2.05, 4.69) is 10.3 Å². The molecule has 0 spiro atoms. The van der Waals surface area contributed by atoms with E-state index in [-0.39, 0.29) is 17.5 Å². The predicted octanol–water partition coefficient (Wildman–Crippen LogP) is 2.95. The molecule has 0 aliphatic carbocycles. The molecule has 2 aromatic heterocycles. The number of aromatic carboxylic acids is 1. The molecule has 0 aliphatic heterocycles. The number of carbonyl (C=O) groups excluding carboxylic acids is 1. The minimum absolute atomic E-state index is 0.00426. The van der Waals surface area contributed by atoms with Crippen molar-refractivity contribution >= 4 is 50.7 Å². The van der Waals surface area contributed by atoms with Gasteiger partial charge in [0.2, 0.25) is 5.91 Å². The van der Waals surface area contributed by atoms with Crippen molar-refractivity contribution in [2.45, 2.75) is 19.9 Å². The van der Waals surface area contributed by atoms with Gasteiger partial charge in [-0.2, -0.15) is 0 Å². The number of rotatable bonds is 7. The van der Waals surface area contributed by atoms with Crippen LogP contribution in [0.4, 0.5) is 5.69 Å². The smallest absolute Gasteiger partial charge is 0.337 e. The number of amides is 1. The van der Waals surface area contributed by atoms with E-state index in [1.54, 1.807) is 25.1 Å². The predicted molar refractivity (Wildman–Crippen MR) is 111 cm³/mol. The van der Waals surface area contributed by atoms with Crippen LogP contribution in [0.2, 0.25) is 5.02 Å². The van der Waals surface area contributed by atoms with E-state index in [4.69, 9.17) is 16.3 Å². The number of aromatic nitrogens is 2. The summed E-state index contributed by atoms with van der Waals surface area (Å²) in [4.78, 5) is 41.8. The van der Waals surface area contributed by atoms with E-state index in [9.17, 15) is 19.5 Å². The third kappa shape index (κ3) is 4.31. The normalized spacial score (nSPS) is 11.0. The second-order valence-electron chi connectivity index (χ2n) is 6.26. The van der Waals surface area contributed by atoms with Gasteiger partial charge in [0.15, 0.2) is 0 Å². The summed E-state index contributed by atoms with van der Waals surface area (Å²) < 4.78 is 6.25. The molecule has 0 atom stereocenters. The SMILES string of the molecule is COCCc1nc2scc(C(=O)O)c2c(=O)n1CC(=O)Nc1cccc(Cl)c1C. The Labute approximate surface area is 174 Å². The number of carboxylic acid groups (broad SMARTS) is 1. The Balaban J connectivity index is 2.01. The van der Waals surface area contributed by atoms with Gasteiger partial charge < -0.3 is 15.2 Å². The van der Waals surface area contributed by atoms with Crippen LogP contribution in [-0.4, -0.2) is 40.3 Å². The number of carbonyl (C=O) groups is 2. The van der Waals surface area contributed by atoms with Crippen LogP contribution in [0.15, 0.2) is 28.4 Å². The molecule has 3 rings (SSSR count). The number of halogens is 1. The van der Waals surface area contributed by atoms with Crippen molar-refractivity contribution in [1.82, 2.24) is 9.55 Å². The maximum absolute atomic E-state index is 13.0. The largest absolute Gasteiger partial charge is 0.478 e. The first-order valence-corrected chi connectivity index (χ1v) is 9.87. The molecular weight excluding hydrogens is 418 g/mol. The van der Waals surface area contributed by atoms with E-state index in [1.165, 1.54) is 17.1 Å². The summed E-state index contributed by atoms with van der Waals surface area (Å²) in [6.07, 6.45) is 0.297. The summed E-state index contributed by atoms with van der Waals surface area (Å²) in [6.45, 7) is 1.75. The minimum Gasteiger partial charge on any atom is -0.478 e. The summed E-state index contributed by atoms with van der Waals surface area (Å²) in [6, 6.07) is 5.12. The summed E-state index contributed by atoms with van der Waals surface area (Å²) >= 11 is 7.16. The summed E-state index contributed by atoms with van der Waals surface area (Å²) in [5, 5.41) is 14.0. The van der Waals surface area contributed by atoms with Crippen molar-refractivity contribution in [1.29, 1.82) is 0 Å². The summed E-state index contributed by atoms with van der Waals surface area (Å²) in [5.41, 5.74) is 0.539. The lowest BCUT2D eigenvalue weighted by Crippen LogP contribution is -2.32. The third-order valence-corrected chi connectivity index (χ3v) is 5.66. The van der Waals surface area contributed by atoms with Gasteiger partial charge in [-0.15, -0.1) is 11.3 Å². The van der Waals surface area contributed by atoms with Gasteiger partial charge >= 0.3 is 5.97 Å². The highest BCUT2D eigenvalue weighted by atomic mass is 35.5. The Morgan fingerprint density at radius 3 is 2.83 bits per heavy atom. The molecule has 0 saturated heterocycles. The van der Waals surface area contributed by atoms with E-state index in [0.717, 1.165) is 11.3 Å². The molecule has 10 heteroatoms. The van der Waals surface area contributed by atoms with Crippen molar-refractivity contribution < 1.29 is 19.4 Å². The van der Waals surface area contributed by atoms with Crippen molar-refractivity contribution in [3.8, 4) is 0 Å². The van der Waals surface area contributed by atoms with E-state index in [0.29, 0.717) is 40.0 Å². The Hall–Kier alpha value is -2.75. The first-order valence-electron chi connectivity index (χ1n) is 8.61. The Morgan fingerprint density at radius 2 is 2.14 bits per heavy atom. The van der Waals surface area contributed by atoms with E-state index >= 15 is 0 Å². The molecule has 152 valence electrons. The van der Waals surface area contributed by atoms with Crippen LogP contribution in [0.25, 0.3) is 10.2 Å². The highest BCUT2D eigenvalue weighted by molar-refractivity contribution is 7.17. The molecule has 2 heterocycles. The number of nitrogens with zero attached hydrogens (tertiary/aromatic N) is 2. The lowest BCUT2D eigenvalue weighted by atomic mass is 10.2. The third-order valence-electron chi connectivity index (χ3n) is 4.38. The monoisotopic (exact) mass is 435 g/mol. The number of benzene rings is 1. The molecule has 0 saturated carbocycles. The maximum Gasteiger partial charge on any atom is 0.337 e. The molecule has 0 aliphatic rings. The van der Waals surface area contributed by atoms with Crippen LogP contribution in [0, 0.1) is 6.92 Å². The zero-order chi connectivity index (χ0) is 21.1. The van der Waals surface area contributed by atoms with Crippen LogP contribution in [-0.2, 0) is 22.5 Å². The number of carboxylic acids is 1. The number of methoxy groups -OCH3 is 1. The molecule has 29 heavy (non-hydrogen) atoms. The molecular formula is C19H18ClN3O5S. The van der Waals surface area contributed by atoms with Crippen LogP contribution in [0.1, 0.15) is 21.7 Å². The average molecular weight is 436 g/mol. The number of anilines is 1. The molecule has 1 amide bonds. The fraction of sp³-hybridized carbons (Fsp3) is 0.263. The average Bonchev–Trinajstić information content (AvgIpc) is 3.11. The second-order valence-corrected chi connectivity index (χ2v) is 7.52. The second kappa shape index (κ2) is 8.73. The number of nitrogens with one attached hydrogen (secondary N) is 1. The summed E-state index contributed by atoms with van der Waals surface area (Å²) in [7, 11) is 1.52. The zero-order valence-corrected chi connectivity index (χ0v) is 17.3. The van der Waals surface area contributed by atoms with Crippen molar-refractivity contribution in [3.05, 3.63) is 55.9 Å². The maximum atomic E-state index is 13.0. The Kier molecular flexibility index (Phi) is 6.31. The first-order chi connectivity index (χ1) is 13.8. The number of hydrogen-bond acceptors (Lipinski definition) is 6. The van der Waals surface area contributed by atoms with E-state index < -0.39 is 17.4 Å². The lowest BCUT2D eigenvalue weighted by molar-refractivity contribution is -0.116. The fourth-order valence-electron chi connectivity index (χ4n) is 2.85. The highest BCUT2D eigenvalue weighted by Crippen LogP contribution is 2.24. The lowest BCUT2D eigenvalue weighted by Gasteiger charge is -2.14. The van der Waals surface area contributed by atoms with Gasteiger partial charge in [-0.25, -0.2) is 9.78 Å². The van der Waals surface area contributed by atoms with Crippen LogP contribution in [0.3, 0.4) is 0 Å². The van der Waals surface area contributed by atoms with Gasteiger partial charge in [0, 0.05) is 29.6 Å². The number of fused-ring (bicyclic) bond motifs is 1. The van der Waals surface area contributed by atoms with Gasteiger partial charge in [-0.1, -0.05) is 17.7 Å². The summed E-state index contributed by atoms with van der Waals surface area (Å²) in [5.74, 6) is -1.32. The molecule has 0 radical (unpaired) electrons. The van der Waals surface area contributed by atoms with Gasteiger partial charge in [0.05, 0.1) is 17.6 Å². The van der Waals surface area contributed by atoms with E-state index in [1.807, 2.05) is 0 Å². The van der Waals surface area contributed by atoms with Gasteiger partial charge in [0.1, 0.15) is 17.2 Å².